The van der Waals surface area contributed by atoms with Crippen LogP contribution >= 0.6 is 11.6 Å². The Bertz CT molecular complexity index is 656. The van der Waals surface area contributed by atoms with Gasteiger partial charge in [0.05, 0.1) is 11.8 Å². The third kappa shape index (κ3) is 6.66. The molecule has 0 aliphatic carbocycles. The van der Waals surface area contributed by atoms with E-state index in [4.69, 9.17) is 21.9 Å². The zero-order valence-corrected chi connectivity index (χ0v) is 13.4. The lowest BCUT2D eigenvalue weighted by Crippen LogP contribution is -2.34. The molecule has 0 saturated carbocycles. The van der Waals surface area contributed by atoms with E-state index in [0.717, 1.165) is 11.2 Å². The highest BCUT2D eigenvalue weighted by atomic mass is 35.5. The van der Waals surface area contributed by atoms with Gasteiger partial charge >= 0.3 is 6.09 Å². The Morgan fingerprint density at radius 1 is 1.41 bits per heavy atom. The smallest absolute Gasteiger partial charge is 0.411 e. The molecule has 0 aliphatic heterocycles. The summed E-state index contributed by atoms with van der Waals surface area (Å²) in [4.78, 5) is 15.5. The highest BCUT2D eigenvalue weighted by Crippen LogP contribution is 2.14. The number of sulfone groups is 1. The standard InChI is InChI=1S/C12H15ClN4O4S/c1-22(19,20)7-6-17(9-13)12(18)21-8-10-2-4-11(5-3-10)15-16-14/h2-5H,6-9H2,1H3. The lowest BCUT2D eigenvalue weighted by molar-refractivity contribution is 0.104. The Labute approximate surface area is 133 Å². The van der Waals surface area contributed by atoms with Gasteiger partial charge in [0.25, 0.3) is 0 Å². The van der Waals surface area contributed by atoms with Crippen molar-refractivity contribution in [3.8, 4) is 0 Å². The van der Waals surface area contributed by atoms with Crippen LogP contribution in [0.1, 0.15) is 5.56 Å². The maximum Gasteiger partial charge on any atom is 0.411 e. The number of benzene rings is 1. The predicted octanol–water partition coefficient (Wildman–Crippen LogP) is 2.81. The fraction of sp³-hybridized carbons (Fsp3) is 0.417. The van der Waals surface area contributed by atoms with E-state index in [0.29, 0.717) is 11.3 Å². The molecule has 10 heteroatoms. The predicted molar refractivity (Wildman–Crippen MR) is 82.6 cm³/mol. The Hall–Kier alpha value is -1.96. The first-order chi connectivity index (χ1) is 10.4. The Kier molecular flexibility index (Phi) is 6.97. The van der Waals surface area contributed by atoms with Crippen LogP contribution in [0.5, 0.6) is 0 Å². The van der Waals surface area contributed by atoms with Crippen molar-refractivity contribution in [3.05, 3.63) is 40.3 Å². The quantitative estimate of drug-likeness (QED) is 0.248. The second kappa shape index (κ2) is 8.47. The Balaban J connectivity index is 2.54. The molecule has 8 nitrogen and oxygen atoms in total. The van der Waals surface area contributed by atoms with Crippen molar-refractivity contribution in [1.82, 2.24) is 4.90 Å². The number of ether oxygens (including phenoxy) is 1. The van der Waals surface area contributed by atoms with Crippen LogP contribution < -0.4 is 0 Å². The molecule has 0 radical (unpaired) electrons. The van der Waals surface area contributed by atoms with Crippen molar-refractivity contribution in [2.45, 2.75) is 6.61 Å². The van der Waals surface area contributed by atoms with E-state index >= 15 is 0 Å². The van der Waals surface area contributed by atoms with Gasteiger partial charge in [-0.25, -0.2) is 13.2 Å². The van der Waals surface area contributed by atoms with Crippen LogP contribution in [0.25, 0.3) is 10.4 Å². The fourth-order valence-electron chi connectivity index (χ4n) is 1.42. The SMILES string of the molecule is CS(=O)(=O)CCN(CCl)C(=O)OCc1ccc(N=[N+]=[N-])cc1. The van der Waals surface area contributed by atoms with Crippen molar-refractivity contribution in [2.24, 2.45) is 5.11 Å². The van der Waals surface area contributed by atoms with Gasteiger partial charge in [-0.05, 0) is 11.1 Å². The van der Waals surface area contributed by atoms with Gasteiger partial charge in [0.1, 0.15) is 16.4 Å². The number of halogens is 1. The van der Waals surface area contributed by atoms with E-state index in [1.165, 1.54) is 0 Å². The van der Waals surface area contributed by atoms with E-state index in [9.17, 15) is 13.2 Å². The molecule has 0 unspecified atom stereocenters. The summed E-state index contributed by atoms with van der Waals surface area (Å²) in [6.07, 6.45) is 0.383. The van der Waals surface area contributed by atoms with Crippen molar-refractivity contribution < 1.29 is 17.9 Å². The molecule has 1 rings (SSSR count). The molecule has 0 atom stereocenters. The summed E-state index contributed by atoms with van der Waals surface area (Å²) in [5.74, 6) is -0.185. The van der Waals surface area contributed by atoms with Crippen molar-refractivity contribution in [1.29, 1.82) is 0 Å². The molecule has 0 bridgehead atoms. The molecule has 120 valence electrons. The molecule has 1 aromatic carbocycles. The average Bonchev–Trinajstić information content (AvgIpc) is 2.46. The summed E-state index contributed by atoms with van der Waals surface area (Å²) < 4.78 is 27.2. The highest BCUT2D eigenvalue weighted by Gasteiger charge is 2.16. The molecule has 0 saturated heterocycles. The van der Waals surface area contributed by atoms with Gasteiger partial charge in [0.2, 0.25) is 0 Å². The molecule has 0 spiro atoms. The molecule has 0 fully saturated rings. The Morgan fingerprint density at radius 2 is 2.05 bits per heavy atom. The maximum atomic E-state index is 11.8. The van der Waals surface area contributed by atoms with Crippen molar-refractivity contribution in [3.63, 3.8) is 0 Å². The van der Waals surface area contributed by atoms with E-state index in [2.05, 4.69) is 10.0 Å². The number of hydrogen-bond donors (Lipinski definition) is 0. The number of rotatable bonds is 7. The van der Waals surface area contributed by atoms with E-state index in [1.54, 1.807) is 24.3 Å². The molecule has 1 aromatic rings. The highest BCUT2D eigenvalue weighted by molar-refractivity contribution is 7.90. The second-order valence-electron chi connectivity index (χ2n) is 4.42. The largest absolute Gasteiger partial charge is 0.445 e. The molecule has 22 heavy (non-hydrogen) atoms. The first kappa shape index (κ1) is 18.1. The number of azide groups is 1. The molecule has 0 heterocycles. The number of nitrogens with zero attached hydrogens (tertiary/aromatic N) is 4. The van der Waals surface area contributed by atoms with Crippen LogP contribution in [-0.4, -0.2) is 44.0 Å². The zero-order chi connectivity index (χ0) is 16.6. The van der Waals surface area contributed by atoms with E-state index in [1.807, 2.05) is 0 Å². The molecular formula is C12H15ClN4O4S. The Morgan fingerprint density at radius 3 is 2.55 bits per heavy atom. The summed E-state index contributed by atoms with van der Waals surface area (Å²) in [5.41, 5.74) is 9.44. The number of carbonyl (C=O) groups excluding carboxylic acids is 1. The summed E-state index contributed by atoms with van der Waals surface area (Å²) in [6, 6.07) is 6.32. The monoisotopic (exact) mass is 346 g/mol. The minimum atomic E-state index is -3.19. The third-order valence-corrected chi connectivity index (χ3v) is 3.81. The van der Waals surface area contributed by atoms with Gasteiger partial charge in [-0.2, -0.15) is 0 Å². The summed E-state index contributed by atoms with van der Waals surface area (Å²) >= 11 is 5.61. The van der Waals surface area contributed by atoms with Gasteiger partial charge in [0, 0.05) is 23.4 Å². The summed E-state index contributed by atoms with van der Waals surface area (Å²) in [7, 11) is -3.19. The van der Waals surface area contributed by atoms with Gasteiger partial charge in [-0.15, -0.1) is 11.6 Å². The van der Waals surface area contributed by atoms with Gasteiger partial charge in [-0.1, -0.05) is 29.4 Å². The molecule has 0 aliphatic rings. The van der Waals surface area contributed by atoms with Crippen LogP contribution in [0, 0.1) is 0 Å². The number of amides is 1. The van der Waals surface area contributed by atoms with Crippen LogP contribution in [0.15, 0.2) is 29.4 Å². The average molecular weight is 347 g/mol. The van der Waals surface area contributed by atoms with Crippen molar-refractivity contribution in [2.75, 3.05) is 24.6 Å². The lowest BCUT2D eigenvalue weighted by atomic mass is 10.2. The van der Waals surface area contributed by atoms with E-state index in [-0.39, 0.29) is 24.9 Å². The summed E-state index contributed by atoms with van der Waals surface area (Å²) in [5, 5.41) is 3.42. The number of hydrogen-bond acceptors (Lipinski definition) is 5. The zero-order valence-electron chi connectivity index (χ0n) is 11.8. The molecule has 0 aromatic heterocycles. The first-order valence-electron chi connectivity index (χ1n) is 6.15. The van der Waals surface area contributed by atoms with Crippen LogP contribution in [0.3, 0.4) is 0 Å². The van der Waals surface area contributed by atoms with E-state index < -0.39 is 15.9 Å². The molecular weight excluding hydrogens is 332 g/mol. The third-order valence-electron chi connectivity index (χ3n) is 2.59. The van der Waals surface area contributed by atoms with Crippen LogP contribution in [0.2, 0.25) is 0 Å². The van der Waals surface area contributed by atoms with Crippen LogP contribution in [0.4, 0.5) is 10.5 Å². The second-order valence-corrected chi connectivity index (χ2v) is 6.92. The van der Waals surface area contributed by atoms with Gasteiger partial charge in [0.15, 0.2) is 0 Å². The van der Waals surface area contributed by atoms with Gasteiger partial charge < -0.3 is 4.74 Å². The summed E-state index contributed by atoms with van der Waals surface area (Å²) in [6.45, 7) is -0.0291. The maximum absolute atomic E-state index is 11.8. The molecule has 0 N–H and O–H groups in total. The lowest BCUT2D eigenvalue weighted by Gasteiger charge is -2.18. The number of alkyl halides is 1. The minimum absolute atomic E-state index is 0.00163. The minimum Gasteiger partial charge on any atom is -0.445 e. The topological polar surface area (TPSA) is 112 Å². The van der Waals surface area contributed by atoms with Crippen molar-refractivity contribution >= 4 is 33.2 Å². The van der Waals surface area contributed by atoms with Crippen LogP contribution in [-0.2, 0) is 21.2 Å². The fourth-order valence-corrected chi connectivity index (χ4v) is 2.19. The number of carbonyl (C=O) groups is 1. The molecule has 1 amide bonds. The first-order valence-corrected chi connectivity index (χ1v) is 8.74. The van der Waals surface area contributed by atoms with Gasteiger partial charge in [-0.3, -0.25) is 4.90 Å². The normalized spacial score (nSPS) is 10.6.